The highest BCUT2D eigenvalue weighted by Crippen LogP contribution is 2.22. The maximum atomic E-state index is 12.3. The summed E-state index contributed by atoms with van der Waals surface area (Å²) in [6.07, 6.45) is 6.17. The van der Waals surface area contributed by atoms with Crippen LogP contribution in [0.4, 0.5) is 0 Å². The average Bonchev–Trinajstić information content (AvgIpc) is 2.70. The third-order valence-corrected chi connectivity index (χ3v) is 4.73. The second kappa shape index (κ2) is 8.15. The Hall–Kier alpha value is -1.59. The lowest BCUT2D eigenvalue weighted by atomic mass is 9.92. The fourth-order valence-corrected chi connectivity index (χ4v) is 3.27. The largest absolute Gasteiger partial charge is 0.481 e. The zero-order valence-electron chi connectivity index (χ0n) is 13.1. The molecule has 2 aliphatic rings. The van der Waals surface area contributed by atoms with Crippen LogP contribution in [0.1, 0.15) is 51.4 Å². The Balaban J connectivity index is 1.74. The zero-order valence-corrected chi connectivity index (χ0v) is 13.1. The second-order valence-electron chi connectivity index (χ2n) is 6.38. The Labute approximate surface area is 131 Å². The molecule has 2 aliphatic heterocycles. The van der Waals surface area contributed by atoms with Gasteiger partial charge in [0, 0.05) is 32.5 Å². The van der Waals surface area contributed by atoms with Crippen molar-refractivity contribution in [1.82, 2.24) is 9.80 Å². The van der Waals surface area contributed by atoms with Crippen molar-refractivity contribution in [2.45, 2.75) is 51.4 Å². The Morgan fingerprint density at radius 1 is 1.09 bits per heavy atom. The summed E-state index contributed by atoms with van der Waals surface area (Å²) in [5.41, 5.74) is 0. The number of hydrogen-bond acceptors (Lipinski definition) is 3. The molecule has 2 heterocycles. The molecule has 0 aromatic carbocycles. The first-order valence-corrected chi connectivity index (χ1v) is 8.33. The number of carbonyl (C=O) groups excluding carboxylic acids is 2. The van der Waals surface area contributed by atoms with E-state index in [1.54, 1.807) is 4.90 Å². The topological polar surface area (TPSA) is 77.9 Å². The normalized spacial score (nSPS) is 20.8. The van der Waals surface area contributed by atoms with E-state index in [0.717, 1.165) is 32.1 Å². The smallest absolute Gasteiger partial charge is 0.303 e. The minimum atomic E-state index is -0.752. The van der Waals surface area contributed by atoms with Crippen LogP contribution in [0.5, 0.6) is 0 Å². The summed E-state index contributed by atoms with van der Waals surface area (Å²) in [7, 11) is 0. The number of likely N-dealkylation sites (tertiary alicyclic amines) is 2. The van der Waals surface area contributed by atoms with Crippen LogP contribution in [0.3, 0.4) is 0 Å². The Bertz CT molecular complexity index is 416. The molecule has 22 heavy (non-hydrogen) atoms. The molecule has 0 radical (unpaired) electrons. The molecule has 2 amide bonds. The van der Waals surface area contributed by atoms with Crippen LogP contribution in [0.25, 0.3) is 0 Å². The quantitative estimate of drug-likeness (QED) is 0.834. The van der Waals surface area contributed by atoms with Crippen molar-refractivity contribution in [2.75, 3.05) is 26.2 Å². The first kappa shape index (κ1) is 16.8. The molecule has 0 spiro atoms. The van der Waals surface area contributed by atoms with E-state index in [4.69, 9.17) is 5.11 Å². The van der Waals surface area contributed by atoms with Gasteiger partial charge in [-0.15, -0.1) is 0 Å². The number of carboxylic acid groups (broad SMARTS) is 1. The van der Waals surface area contributed by atoms with Crippen LogP contribution in [0.15, 0.2) is 0 Å². The van der Waals surface area contributed by atoms with Gasteiger partial charge >= 0.3 is 5.97 Å². The van der Waals surface area contributed by atoms with Crippen molar-refractivity contribution >= 4 is 17.8 Å². The molecule has 2 fully saturated rings. The van der Waals surface area contributed by atoms with Gasteiger partial charge in [0.05, 0.1) is 6.54 Å². The lowest BCUT2D eigenvalue weighted by molar-refractivity contribution is -0.141. The standard InChI is InChI=1S/C16H26N2O4/c19-14-4-2-1-3-9-18(14)12-15(20)17-10-7-13(8-11-17)5-6-16(21)22/h13H,1-12H2,(H,21,22). The maximum absolute atomic E-state index is 12.3. The van der Waals surface area contributed by atoms with Crippen LogP contribution < -0.4 is 0 Å². The first-order chi connectivity index (χ1) is 10.6. The van der Waals surface area contributed by atoms with Gasteiger partial charge in [-0.25, -0.2) is 0 Å². The van der Waals surface area contributed by atoms with E-state index in [1.807, 2.05) is 4.90 Å². The lowest BCUT2D eigenvalue weighted by Gasteiger charge is -2.33. The third kappa shape index (κ3) is 5.00. The summed E-state index contributed by atoms with van der Waals surface area (Å²) in [4.78, 5) is 38.4. The van der Waals surface area contributed by atoms with Gasteiger partial charge in [0.15, 0.2) is 0 Å². The number of nitrogens with zero attached hydrogens (tertiary/aromatic N) is 2. The fourth-order valence-electron chi connectivity index (χ4n) is 3.27. The summed E-state index contributed by atoms with van der Waals surface area (Å²) in [5, 5.41) is 8.71. The predicted molar refractivity (Wildman–Crippen MR) is 81.2 cm³/mol. The fraction of sp³-hybridized carbons (Fsp3) is 0.812. The SMILES string of the molecule is O=C(O)CCC1CCN(C(=O)CN2CCCCCC2=O)CC1. The van der Waals surface area contributed by atoms with Gasteiger partial charge in [-0.05, 0) is 38.0 Å². The minimum Gasteiger partial charge on any atom is -0.481 e. The average molecular weight is 310 g/mol. The summed E-state index contributed by atoms with van der Waals surface area (Å²) in [6, 6.07) is 0. The monoisotopic (exact) mass is 310 g/mol. The van der Waals surface area contributed by atoms with Crippen molar-refractivity contribution in [3.8, 4) is 0 Å². The van der Waals surface area contributed by atoms with Crippen LogP contribution in [-0.2, 0) is 14.4 Å². The Morgan fingerprint density at radius 3 is 2.50 bits per heavy atom. The van der Waals surface area contributed by atoms with Crippen molar-refractivity contribution in [3.63, 3.8) is 0 Å². The summed E-state index contributed by atoms with van der Waals surface area (Å²) < 4.78 is 0. The molecule has 124 valence electrons. The summed E-state index contributed by atoms with van der Waals surface area (Å²) in [6.45, 7) is 2.27. The second-order valence-corrected chi connectivity index (χ2v) is 6.38. The van der Waals surface area contributed by atoms with E-state index in [0.29, 0.717) is 38.4 Å². The molecule has 0 aromatic rings. The molecule has 0 saturated carbocycles. The minimum absolute atomic E-state index is 0.0342. The third-order valence-electron chi connectivity index (χ3n) is 4.73. The van der Waals surface area contributed by atoms with Crippen molar-refractivity contribution in [2.24, 2.45) is 5.92 Å². The van der Waals surface area contributed by atoms with Crippen LogP contribution in [-0.4, -0.2) is 58.9 Å². The molecule has 0 aromatic heterocycles. The van der Waals surface area contributed by atoms with Gasteiger partial charge in [-0.3, -0.25) is 14.4 Å². The van der Waals surface area contributed by atoms with Gasteiger partial charge in [0.2, 0.25) is 11.8 Å². The van der Waals surface area contributed by atoms with Gasteiger partial charge < -0.3 is 14.9 Å². The number of rotatable bonds is 5. The van der Waals surface area contributed by atoms with Gasteiger partial charge in [0.1, 0.15) is 0 Å². The van der Waals surface area contributed by atoms with Gasteiger partial charge in [-0.1, -0.05) is 6.42 Å². The van der Waals surface area contributed by atoms with Crippen molar-refractivity contribution in [1.29, 1.82) is 0 Å². The molecule has 0 aliphatic carbocycles. The molecule has 6 heteroatoms. The number of piperidine rings is 1. The molecule has 0 unspecified atom stereocenters. The summed E-state index contributed by atoms with van der Waals surface area (Å²) >= 11 is 0. The van der Waals surface area contributed by atoms with Crippen LogP contribution >= 0.6 is 0 Å². The number of carboxylic acids is 1. The van der Waals surface area contributed by atoms with E-state index in [9.17, 15) is 14.4 Å². The van der Waals surface area contributed by atoms with E-state index in [-0.39, 0.29) is 24.8 Å². The Morgan fingerprint density at radius 2 is 1.82 bits per heavy atom. The highest BCUT2D eigenvalue weighted by molar-refractivity contribution is 5.85. The maximum Gasteiger partial charge on any atom is 0.303 e. The van der Waals surface area contributed by atoms with E-state index >= 15 is 0 Å². The van der Waals surface area contributed by atoms with Crippen molar-refractivity contribution in [3.05, 3.63) is 0 Å². The number of aliphatic carboxylic acids is 1. The summed E-state index contributed by atoms with van der Waals surface area (Å²) in [5.74, 6) is -0.215. The Kier molecular flexibility index (Phi) is 6.21. The molecule has 0 bridgehead atoms. The highest BCUT2D eigenvalue weighted by atomic mass is 16.4. The van der Waals surface area contributed by atoms with Crippen LogP contribution in [0.2, 0.25) is 0 Å². The molecule has 2 saturated heterocycles. The molecular formula is C16H26N2O4. The highest BCUT2D eigenvalue weighted by Gasteiger charge is 2.26. The van der Waals surface area contributed by atoms with Gasteiger partial charge in [-0.2, -0.15) is 0 Å². The van der Waals surface area contributed by atoms with Crippen molar-refractivity contribution < 1.29 is 19.5 Å². The van der Waals surface area contributed by atoms with Gasteiger partial charge in [0.25, 0.3) is 0 Å². The lowest BCUT2D eigenvalue weighted by Crippen LogP contribution is -2.45. The molecular weight excluding hydrogens is 284 g/mol. The zero-order chi connectivity index (χ0) is 15.9. The molecule has 2 rings (SSSR count). The molecule has 0 atom stereocenters. The number of carbonyl (C=O) groups is 3. The van der Waals surface area contributed by atoms with E-state index in [2.05, 4.69) is 0 Å². The number of amides is 2. The first-order valence-electron chi connectivity index (χ1n) is 8.33. The predicted octanol–water partition coefficient (Wildman–Crippen LogP) is 1.49. The molecule has 6 nitrogen and oxygen atoms in total. The van der Waals surface area contributed by atoms with E-state index < -0.39 is 5.97 Å². The van der Waals surface area contributed by atoms with E-state index in [1.165, 1.54) is 0 Å². The number of hydrogen-bond donors (Lipinski definition) is 1. The van der Waals surface area contributed by atoms with Crippen LogP contribution in [0, 0.1) is 5.92 Å². The molecule has 1 N–H and O–H groups in total.